The van der Waals surface area contributed by atoms with Crippen LogP contribution in [0.2, 0.25) is 0 Å². The summed E-state index contributed by atoms with van der Waals surface area (Å²) in [6.45, 7) is 4.15. The number of hydrogen-bond acceptors (Lipinski definition) is 5. The topological polar surface area (TPSA) is 86.9 Å². The van der Waals surface area contributed by atoms with Crippen LogP contribution < -0.4 is 10.1 Å². The van der Waals surface area contributed by atoms with Gasteiger partial charge in [-0.2, -0.15) is 5.10 Å². The van der Waals surface area contributed by atoms with Crippen LogP contribution in [-0.4, -0.2) is 30.7 Å². The number of carbonyl (C=O) groups excluding carboxylic acids is 1. The molecule has 0 fully saturated rings. The van der Waals surface area contributed by atoms with Gasteiger partial charge >= 0.3 is 0 Å². The molecule has 0 saturated heterocycles. The molecule has 0 aliphatic rings. The van der Waals surface area contributed by atoms with Crippen LogP contribution in [0.4, 0.5) is 10.1 Å². The minimum absolute atomic E-state index is 0.0137. The van der Waals surface area contributed by atoms with Crippen LogP contribution in [0.5, 0.6) is 5.75 Å². The summed E-state index contributed by atoms with van der Waals surface area (Å²) >= 11 is 0. The summed E-state index contributed by atoms with van der Waals surface area (Å²) in [5, 5.41) is 14.7. The Hall–Kier alpha value is -3.23. The minimum Gasteiger partial charge on any atom is -0.487 e. The number of halogens is 1. The Morgan fingerprint density at radius 3 is 2.92 bits per heavy atom. The first kappa shape index (κ1) is 17.6. The SMILES string of the molecule is CC(C)n1cc(NC(=O)Cn2cc(COc3cccc(F)c3)nn2)cn1. The predicted octanol–water partition coefficient (Wildman–Crippen LogP) is 2.41. The lowest BCUT2D eigenvalue weighted by molar-refractivity contribution is -0.116. The molecule has 0 atom stereocenters. The van der Waals surface area contributed by atoms with Crippen molar-refractivity contribution in [2.24, 2.45) is 0 Å². The van der Waals surface area contributed by atoms with Crippen LogP contribution in [-0.2, 0) is 17.9 Å². The molecule has 0 radical (unpaired) electrons. The highest BCUT2D eigenvalue weighted by Gasteiger charge is 2.09. The fourth-order valence-corrected chi connectivity index (χ4v) is 2.23. The van der Waals surface area contributed by atoms with Crippen LogP contribution in [0, 0.1) is 5.82 Å². The Kier molecular flexibility index (Phi) is 5.26. The van der Waals surface area contributed by atoms with E-state index in [1.807, 2.05) is 13.8 Å². The van der Waals surface area contributed by atoms with Crippen molar-refractivity contribution in [3.63, 3.8) is 0 Å². The van der Waals surface area contributed by atoms with E-state index in [-0.39, 0.29) is 30.9 Å². The van der Waals surface area contributed by atoms with Crippen molar-refractivity contribution in [2.75, 3.05) is 5.32 Å². The molecule has 26 heavy (non-hydrogen) atoms. The molecule has 136 valence electrons. The standard InChI is InChI=1S/C17H19FN6O2/c1-12(2)24-9-14(7-19-24)20-17(25)10-23-8-15(21-22-23)11-26-16-5-3-4-13(18)6-16/h3-9,12H,10-11H2,1-2H3,(H,20,25). The lowest BCUT2D eigenvalue weighted by Crippen LogP contribution is -2.18. The summed E-state index contributed by atoms with van der Waals surface area (Å²) in [7, 11) is 0. The summed E-state index contributed by atoms with van der Waals surface area (Å²) < 4.78 is 21.7. The van der Waals surface area contributed by atoms with Crippen LogP contribution in [0.15, 0.2) is 42.9 Å². The highest BCUT2D eigenvalue weighted by Crippen LogP contribution is 2.13. The second-order valence-electron chi connectivity index (χ2n) is 6.00. The first-order chi connectivity index (χ1) is 12.5. The van der Waals surface area contributed by atoms with E-state index in [4.69, 9.17) is 4.74 Å². The van der Waals surface area contributed by atoms with Crippen molar-refractivity contribution in [2.45, 2.75) is 33.0 Å². The number of hydrogen-bond donors (Lipinski definition) is 1. The fraction of sp³-hybridized carbons (Fsp3) is 0.294. The molecule has 8 nitrogen and oxygen atoms in total. The second-order valence-corrected chi connectivity index (χ2v) is 6.00. The molecule has 3 rings (SSSR count). The third kappa shape index (κ3) is 4.65. The third-order valence-electron chi connectivity index (χ3n) is 3.49. The van der Waals surface area contributed by atoms with E-state index >= 15 is 0 Å². The monoisotopic (exact) mass is 358 g/mol. The first-order valence-corrected chi connectivity index (χ1v) is 8.11. The van der Waals surface area contributed by atoms with Crippen molar-refractivity contribution >= 4 is 11.6 Å². The van der Waals surface area contributed by atoms with Crippen molar-refractivity contribution in [1.29, 1.82) is 0 Å². The van der Waals surface area contributed by atoms with Crippen LogP contribution in [0.3, 0.4) is 0 Å². The molecule has 0 bridgehead atoms. The molecule has 0 aliphatic carbocycles. The van der Waals surface area contributed by atoms with Crippen LogP contribution >= 0.6 is 0 Å². The first-order valence-electron chi connectivity index (χ1n) is 8.11. The molecular weight excluding hydrogens is 339 g/mol. The molecule has 0 unspecified atom stereocenters. The Bertz CT molecular complexity index is 889. The Balaban J connectivity index is 1.51. The molecule has 3 aromatic rings. The highest BCUT2D eigenvalue weighted by atomic mass is 19.1. The maximum atomic E-state index is 13.1. The van der Waals surface area contributed by atoms with Gasteiger partial charge in [-0.05, 0) is 26.0 Å². The number of amides is 1. The predicted molar refractivity (Wildman–Crippen MR) is 92.0 cm³/mol. The van der Waals surface area contributed by atoms with Crippen molar-refractivity contribution in [1.82, 2.24) is 24.8 Å². The number of aromatic nitrogens is 5. The molecule has 9 heteroatoms. The Morgan fingerprint density at radius 2 is 2.19 bits per heavy atom. The van der Waals surface area contributed by atoms with E-state index in [2.05, 4.69) is 20.7 Å². The summed E-state index contributed by atoms with van der Waals surface area (Å²) in [6.07, 6.45) is 4.97. The molecular formula is C17H19FN6O2. The van der Waals surface area contributed by atoms with Gasteiger partial charge in [0, 0.05) is 18.3 Å². The quantitative estimate of drug-likeness (QED) is 0.701. The summed E-state index contributed by atoms with van der Waals surface area (Å²) in [4.78, 5) is 12.1. The molecule has 2 aromatic heterocycles. The molecule has 2 heterocycles. The molecule has 1 amide bonds. The molecule has 0 saturated carbocycles. The van der Waals surface area contributed by atoms with Crippen molar-refractivity contribution in [3.8, 4) is 5.75 Å². The van der Waals surface area contributed by atoms with E-state index in [0.717, 1.165) is 0 Å². The van der Waals surface area contributed by atoms with E-state index in [1.165, 1.54) is 16.8 Å². The number of rotatable bonds is 7. The molecule has 1 aromatic carbocycles. The summed E-state index contributed by atoms with van der Waals surface area (Å²) in [5.41, 5.74) is 1.16. The normalized spacial score (nSPS) is 10.9. The number of nitrogens with one attached hydrogen (secondary N) is 1. The van der Waals surface area contributed by atoms with E-state index in [9.17, 15) is 9.18 Å². The summed E-state index contributed by atoms with van der Waals surface area (Å²) in [5.74, 6) is -0.209. The molecule has 0 aliphatic heterocycles. The van der Waals surface area contributed by atoms with Gasteiger partial charge in [0.1, 0.15) is 30.4 Å². The number of ether oxygens (including phenoxy) is 1. The average Bonchev–Trinajstić information content (AvgIpc) is 3.22. The van der Waals surface area contributed by atoms with Gasteiger partial charge in [0.15, 0.2) is 0 Å². The Morgan fingerprint density at radius 1 is 1.35 bits per heavy atom. The van der Waals surface area contributed by atoms with Gasteiger partial charge in [0.25, 0.3) is 0 Å². The van der Waals surface area contributed by atoms with Gasteiger partial charge < -0.3 is 10.1 Å². The van der Waals surface area contributed by atoms with Crippen LogP contribution in [0.25, 0.3) is 0 Å². The van der Waals surface area contributed by atoms with E-state index < -0.39 is 0 Å². The number of nitrogens with zero attached hydrogens (tertiary/aromatic N) is 5. The minimum atomic E-state index is -0.372. The van der Waals surface area contributed by atoms with Gasteiger partial charge in [0.2, 0.25) is 5.91 Å². The van der Waals surface area contributed by atoms with Crippen molar-refractivity contribution in [3.05, 3.63) is 54.4 Å². The summed E-state index contributed by atoms with van der Waals surface area (Å²) in [6, 6.07) is 6.06. The largest absolute Gasteiger partial charge is 0.487 e. The van der Waals surface area contributed by atoms with E-state index in [1.54, 1.807) is 35.4 Å². The second kappa shape index (κ2) is 7.77. The zero-order valence-electron chi connectivity index (χ0n) is 14.5. The lowest BCUT2D eigenvalue weighted by Gasteiger charge is -2.04. The number of carbonyl (C=O) groups is 1. The van der Waals surface area contributed by atoms with Gasteiger partial charge in [-0.25, -0.2) is 9.07 Å². The van der Waals surface area contributed by atoms with Gasteiger partial charge in [-0.15, -0.1) is 5.10 Å². The van der Waals surface area contributed by atoms with Crippen LogP contribution in [0.1, 0.15) is 25.6 Å². The number of benzene rings is 1. The maximum absolute atomic E-state index is 13.1. The van der Waals surface area contributed by atoms with Gasteiger partial charge in [-0.1, -0.05) is 11.3 Å². The fourth-order valence-electron chi connectivity index (χ4n) is 2.23. The third-order valence-corrected chi connectivity index (χ3v) is 3.49. The average molecular weight is 358 g/mol. The molecule has 0 spiro atoms. The van der Waals surface area contributed by atoms with Gasteiger partial charge in [0.05, 0.1) is 18.1 Å². The highest BCUT2D eigenvalue weighted by molar-refractivity contribution is 5.90. The Labute approximate surface area is 149 Å². The maximum Gasteiger partial charge on any atom is 0.246 e. The van der Waals surface area contributed by atoms with E-state index in [0.29, 0.717) is 17.1 Å². The number of anilines is 1. The smallest absolute Gasteiger partial charge is 0.246 e. The van der Waals surface area contributed by atoms with Gasteiger partial charge in [-0.3, -0.25) is 9.48 Å². The lowest BCUT2D eigenvalue weighted by atomic mass is 10.3. The molecule has 1 N–H and O–H groups in total. The zero-order valence-corrected chi connectivity index (χ0v) is 14.5. The zero-order chi connectivity index (χ0) is 18.5. The van der Waals surface area contributed by atoms with Crippen molar-refractivity contribution < 1.29 is 13.9 Å².